The van der Waals surface area contributed by atoms with Crippen molar-refractivity contribution in [2.75, 3.05) is 13.2 Å². The summed E-state index contributed by atoms with van der Waals surface area (Å²) in [5.74, 6) is -0.318. The van der Waals surface area contributed by atoms with Crippen LogP contribution in [0, 0.1) is 0 Å². The molecular formula is C30H32N2O5. The van der Waals surface area contributed by atoms with E-state index in [1.54, 1.807) is 48.8 Å². The number of benzene rings is 2. The van der Waals surface area contributed by atoms with E-state index in [1.807, 2.05) is 31.2 Å². The predicted octanol–water partition coefficient (Wildman–Crippen LogP) is 5.67. The predicted molar refractivity (Wildman–Crippen MR) is 141 cm³/mol. The smallest absolute Gasteiger partial charge is 0.295 e. The maximum absolute atomic E-state index is 13.3. The van der Waals surface area contributed by atoms with Crippen LogP contribution < -0.4 is 9.47 Å². The van der Waals surface area contributed by atoms with Crippen LogP contribution in [0.25, 0.3) is 5.76 Å². The molecule has 37 heavy (non-hydrogen) atoms. The molecule has 4 rings (SSSR count). The van der Waals surface area contributed by atoms with Gasteiger partial charge in [-0.3, -0.25) is 14.6 Å². The molecular weight excluding hydrogens is 468 g/mol. The number of hydrogen-bond acceptors (Lipinski definition) is 6. The summed E-state index contributed by atoms with van der Waals surface area (Å²) in [6, 6.07) is 17.1. The van der Waals surface area contributed by atoms with E-state index in [1.165, 1.54) is 4.90 Å². The Hall–Kier alpha value is -4.13. The van der Waals surface area contributed by atoms with Crippen molar-refractivity contribution in [2.24, 2.45) is 0 Å². The quantitative estimate of drug-likeness (QED) is 0.158. The van der Waals surface area contributed by atoms with Gasteiger partial charge in [0.1, 0.15) is 17.3 Å². The first-order chi connectivity index (χ1) is 18.0. The van der Waals surface area contributed by atoms with Gasteiger partial charge in [-0.15, -0.1) is 0 Å². The molecule has 1 saturated heterocycles. The lowest BCUT2D eigenvalue weighted by Gasteiger charge is -2.25. The molecule has 1 fully saturated rings. The van der Waals surface area contributed by atoms with Crippen LogP contribution in [0.5, 0.6) is 11.5 Å². The minimum atomic E-state index is -0.766. The molecule has 0 saturated carbocycles. The Labute approximate surface area is 217 Å². The van der Waals surface area contributed by atoms with Gasteiger partial charge in [-0.05, 0) is 60.4 Å². The van der Waals surface area contributed by atoms with Gasteiger partial charge in [-0.25, -0.2) is 0 Å². The molecule has 192 valence electrons. The number of aromatic nitrogens is 1. The number of ether oxygens (including phenoxy) is 2. The van der Waals surface area contributed by atoms with Crippen LogP contribution in [0.4, 0.5) is 0 Å². The second-order valence-corrected chi connectivity index (χ2v) is 8.93. The van der Waals surface area contributed by atoms with Crippen molar-refractivity contribution in [3.8, 4) is 11.5 Å². The van der Waals surface area contributed by atoms with E-state index in [2.05, 4.69) is 11.9 Å². The molecule has 1 aliphatic heterocycles. The molecule has 0 spiro atoms. The molecule has 2 heterocycles. The highest BCUT2D eigenvalue weighted by Crippen LogP contribution is 2.41. The Morgan fingerprint density at radius 1 is 0.919 bits per heavy atom. The average molecular weight is 501 g/mol. The van der Waals surface area contributed by atoms with E-state index in [0.717, 1.165) is 24.8 Å². The van der Waals surface area contributed by atoms with Gasteiger partial charge in [-0.1, -0.05) is 44.5 Å². The van der Waals surface area contributed by atoms with Crippen LogP contribution in [-0.2, 0) is 16.1 Å². The number of amides is 1. The largest absolute Gasteiger partial charge is 0.507 e. The molecule has 7 nitrogen and oxygen atoms in total. The first kappa shape index (κ1) is 25.9. The third-order valence-electron chi connectivity index (χ3n) is 6.19. The number of pyridine rings is 1. The summed E-state index contributed by atoms with van der Waals surface area (Å²) in [6.07, 6.45) is 6.12. The highest BCUT2D eigenvalue weighted by atomic mass is 16.5. The zero-order valence-electron chi connectivity index (χ0n) is 21.2. The van der Waals surface area contributed by atoms with Crippen molar-refractivity contribution in [1.82, 2.24) is 9.88 Å². The van der Waals surface area contributed by atoms with Gasteiger partial charge in [0.15, 0.2) is 0 Å². The van der Waals surface area contributed by atoms with Gasteiger partial charge in [0, 0.05) is 24.5 Å². The average Bonchev–Trinajstić information content (AvgIpc) is 3.17. The molecule has 1 unspecified atom stereocenters. The van der Waals surface area contributed by atoms with Crippen molar-refractivity contribution in [3.63, 3.8) is 0 Å². The molecule has 1 amide bonds. The van der Waals surface area contributed by atoms with E-state index in [0.29, 0.717) is 35.8 Å². The van der Waals surface area contributed by atoms with Crippen molar-refractivity contribution < 1.29 is 24.2 Å². The summed E-state index contributed by atoms with van der Waals surface area (Å²) in [6.45, 7) is 5.46. The summed E-state index contributed by atoms with van der Waals surface area (Å²) in [7, 11) is 0. The lowest BCUT2D eigenvalue weighted by molar-refractivity contribution is -0.140. The molecule has 1 aromatic heterocycles. The molecule has 1 aliphatic rings. The second kappa shape index (κ2) is 12.2. The number of nitrogens with zero attached hydrogens (tertiary/aromatic N) is 2. The number of carbonyl (C=O) groups excluding carboxylic acids is 2. The van der Waals surface area contributed by atoms with E-state index in [9.17, 15) is 14.7 Å². The Kier molecular flexibility index (Phi) is 8.56. The lowest BCUT2D eigenvalue weighted by Crippen LogP contribution is -2.29. The van der Waals surface area contributed by atoms with Gasteiger partial charge in [0.05, 0.1) is 24.8 Å². The minimum Gasteiger partial charge on any atom is -0.507 e. The van der Waals surface area contributed by atoms with Gasteiger partial charge in [0.2, 0.25) is 0 Å². The molecule has 7 heteroatoms. The van der Waals surface area contributed by atoms with Crippen LogP contribution in [0.3, 0.4) is 0 Å². The van der Waals surface area contributed by atoms with Crippen LogP contribution in [-0.4, -0.2) is 39.9 Å². The molecule has 0 bridgehead atoms. The number of aliphatic hydroxyl groups is 1. The monoisotopic (exact) mass is 500 g/mol. The van der Waals surface area contributed by atoms with E-state index in [4.69, 9.17) is 9.47 Å². The summed E-state index contributed by atoms with van der Waals surface area (Å²) >= 11 is 0. The van der Waals surface area contributed by atoms with E-state index >= 15 is 0 Å². The van der Waals surface area contributed by atoms with Crippen molar-refractivity contribution in [2.45, 2.75) is 45.7 Å². The third-order valence-corrected chi connectivity index (χ3v) is 6.19. The molecule has 2 aromatic carbocycles. The van der Waals surface area contributed by atoms with Crippen LogP contribution in [0.2, 0.25) is 0 Å². The number of likely N-dealkylation sites (tertiary alicyclic amines) is 1. The summed E-state index contributed by atoms with van der Waals surface area (Å²) < 4.78 is 11.5. The SMILES string of the molecule is CCCCOc1ccc(C2/C(=C(\O)c3cccc(OCCC)c3)C(=O)C(=O)N2Cc2ccncc2)cc1. The molecule has 0 aliphatic carbocycles. The number of ketones is 1. The fraction of sp³-hybridized carbons (Fsp3) is 0.300. The summed E-state index contributed by atoms with van der Waals surface area (Å²) in [4.78, 5) is 32.1. The molecule has 1 N–H and O–H groups in total. The number of unbranched alkanes of at least 4 members (excludes halogenated alkanes) is 1. The Bertz CT molecular complexity index is 1250. The zero-order valence-corrected chi connectivity index (χ0v) is 21.2. The third kappa shape index (κ3) is 6.00. The number of Topliss-reactive ketones (excluding diaryl/α,β-unsaturated/α-hetero) is 1. The minimum absolute atomic E-state index is 0.0475. The summed E-state index contributed by atoms with van der Waals surface area (Å²) in [5, 5.41) is 11.4. The molecule has 0 radical (unpaired) electrons. The molecule has 1 atom stereocenters. The number of rotatable bonds is 11. The van der Waals surface area contributed by atoms with Gasteiger partial charge in [0.25, 0.3) is 11.7 Å². The summed E-state index contributed by atoms with van der Waals surface area (Å²) in [5.41, 5.74) is 2.00. The maximum Gasteiger partial charge on any atom is 0.295 e. The van der Waals surface area contributed by atoms with Gasteiger partial charge < -0.3 is 19.5 Å². The Morgan fingerprint density at radius 3 is 2.35 bits per heavy atom. The van der Waals surface area contributed by atoms with E-state index in [-0.39, 0.29) is 17.9 Å². The fourth-order valence-corrected chi connectivity index (χ4v) is 4.26. The standard InChI is InChI=1S/C30H32N2O5/c1-3-5-18-37-24-11-9-22(10-12-24)27-26(28(33)23-7-6-8-25(19-23)36-17-4-2)29(34)30(35)32(27)20-21-13-15-31-16-14-21/h6-16,19,27,33H,3-5,17-18,20H2,1-2H3/b28-26+. The van der Waals surface area contributed by atoms with Gasteiger partial charge in [-0.2, -0.15) is 0 Å². The van der Waals surface area contributed by atoms with Crippen LogP contribution in [0.15, 0.2) is 78.6 Å². The zero-order chi connectivity index (χ0) is 26.2. The topological polar surface area (TPSA) is 89.0 Å². The first-order valence-corrected chi connectivity index (χ1v) is 12.7. The van der Waals surface area contributed by atoms with Gasteiger partial charge >= 0.3 is 0 Å². The van der Waals surface area contributed by atoms with E-state index < -0.39 is 17.7 Å². The van der Waals surface area contributed by atoms with Crippen molar-refractivity contribution in [3.05, 3.63) is 95.3 Å². The Morgan fingerprint density at radius 2 is 1.65 bits per heavy atom. The number of carbonyl (C=O) groups is 2. The van der Waals surface area contributed by atoms with Crippen LogP contribution >= 0.6 is 0 Å². The fourth-order valence-electron chi connectivity index (χ4n) is 4.26. The maximum atomic E-state index is 13.3. The highest BCUT2D eigenvalue weighted by Gasteiger charge is 2.46. The number of hydrogen-bond donors (Lipinski definition) is 1. The highest BCUT2D eigenvalue weighted by molar-refractivity contribution is 6.46. The normalized spacial score (nSPS) is 16.7. The lowest BCUT2D eigenvalue weighted by atomic mass is 9.95. The number of aliphatic hydroxyl groups excluding tert-OH is 1. The van der Waals surface area contributed by atoms with Crippen LogP contribution in [0.1, 0.15) is 55.8 Å². The Balaban J connectivity index is 1.75. The van der Waals surface area contributed by atoms with Crippen molar-refractivity contribution >= 4 is 17.4 Å². The first-order valence-electron chi connectivity index (χ1n) is 12.7. The second-order valence-electron chi connectivity index (χ2n) is 8.93. The van der Waals surface area contributed by atoms with Crippen molar-refractivity contribution in [1.29, 1.82) is 0 Å². The molecule has 3 aromatic rings.